The standard InChI is InChI=1S/C24H28O2/c1-3-5-7-11-17-13-9-15-19-21(17)24(26)22-18(12-8-6-4-2)14-10-16-20(22)23(19)25/h9-10,13-16H,3-8,11-12H2,1-2H3. The number of carbonyl (C=O) groups is 2. The summed E-state index contributed by atoms with van der Waals surface area (Å²) in [6.07, 6.45) is 8.42. The molecule has 0 heterocycles. The zero-order valence-corrected chi connectivity index (χ0v) is 15.9. The van der Waals surface area contributed by atoms with Crippen LogP contribution in [-0.2, 0) is 12.8 Å². The molecule has 0 fully saturated rings. The van der Waals surface area contributed by atoms with Gasteiger partial charge in [0.2, 0.25) is 0 Å². The minimum Gasteiger partial charge on any atom is -0.289 e. The smallest absolute Gasteiger partial charge is 0.195 e. The molecule has 3 rings (SSSR count). The predicted octanol–water partition coefficient (Wildman–Crippen LogP) is 5.93. The Morgan fingerprint density at radius 1 is 0.615 bits per heavy atom. The summed E-state index contributed by atoms with van der Waals surface area (Å²) < 4.78 is 0. The molecule has 0 spiro atoms. The third-order valence-electron chi connectivity index (χ3n) is 5.34. The largest absolute Gasteiger partial charge is 0.289 e. The Bertz CT molecular complexity index is 751. The summed E-state index contributed by atoms with van der Waals surface area (Å²) in [5.74, 6) is 0.0538. The number of fused-ring (bicyclic) bond motifs is 2. The zero-order valence-electron chi connectivity index (χ0n) is 15.9. The second kappa shape index (κ2) is 8.44. The molecule has 136 valence electrons. The Hall–Kier alpha value is -2.22. The van der Waals surface area contributed by atoms with Gasteiger partial charge in [0.25, 0.3) is 0 Å². The Labute approximate surface area is 156 Å². The highest BCUT2D eigenvalue weighted by molar-refractivity contribution is 6.29. The van der Waals surface area contributed by atoms with E-state index in [0.29, 0.717) is 22.3 Å². The topological polar surface area (TPSA) is 34.1 Å². The molecule has 1 aliphatic rings. The van der Waals surface area contributed by atoms with Gasteiger partial charge in [-0.3, -0.25) is 9.59 Å². The number of benzene rings is 2. The molecule has 26 heavy (non-hydrogen) atoms. The highest BCUT2D eigenvalue weighted by Crippen LogP contribution is 2.32. The highest BCUT2D eigenvalue weighted by atomic mass is 16.1. The van der Waals surface area contributed by atoms with E-state index in [4.69, 9.17) is 0 Å². The molecule has 0 atom stereocenters. The van der Waals surface area contributed by atoms with E-state index in [-0.39, 0.29) is 11.6 Å². The van der Waals surface area contributed by atoms with E-state index in [1.165, 1.54) is 0 Å². The quantitative estimate of drug-likeness (QED) is 0.473. The molecule has 0 saturated carbocycles. The van der Waals surface area contributed by atoms with Crippen molar-refractivity contribution >= 4 is 11.6 Å². The van der Waals surface area contributed by atoms with Gasteiger partial charge in [-0.15, -0.1) is 0 Å². The van der Waals surface area contributed by atoms with Gasteiger partial charge in [-0.2, -0.15) is 0 Å². The lowest BCUT2D eigenvalue weighted by molar-refractivity contribution is 0.0977. The molecular formula is C24H28O2. The van der Waals surface area contributed by atoms with Crippen LogP contribution in [0.2, 0.25) is 0 Å². The van der Waals surface area contributed by atoms with Crippen molar-refractivity contribution in [3.05, 3.63) is 69.8 Å². The van der Waals surface area contributed by atoms with Gasteiger partial charge < -0.3 is 0 Å². The normalized spacial score (nSPS) is 12.8. The van der Waals surface area contributed by atoms with Crippen LogP contribution in [0.1, 0.15) is 95.3 Å². The molecule has 2 aromatic carbocycles. The Morgan fingerprint density at radius 2 is 1.08 bits per heavy atom. The van der Waals surface area contributed by atoms with Gasteiger partial charge in [0.15, 0.2) is 11.6 Å². The predicted molar refractivity (Wildman–Crippen MR) is 106 cm³/mol. The van der Waals surface area contributed by atoms with Crippen LogP contribution in [0.3, 0.4) is 0 Å². The van der Waals surface area contributed by atoms with Crippen molar-refractivity contribution in [3.8, 4) is 0 Å². The molecule has 0 bridgehead atoms. The molecule has 2 nitrogen and oxygen atoms in total. The minimum atomic E-state index is 0.00397. The second-order valence-electron chi connectivity index (χ2n) is 7.25. The summed E-state index contributed by atoms with van der Waals surface area (Å²) in [5, 5.41) is 0. The zero-order chi connectivity index (χ0) is 18.5. The molecule has 0 unspecified atom stereocenters. The van der Waals surface area contributed by atoms with Crippen molar-refractivity contribution in [3.63, 3.8) is 0 Å². The van der Waals surface area contributed by atoms with E-state index < -0.39 is 0 Å². The number of rotatable bonds is 8. The maximum Gasteiger partial charge on any atom is 0.195 e. The summed E-state index contributed by atoms with van der Waals surface area (Å²) in [6.45, 7) is 4.35. The Balaban J connectivity index is 2.02. The molecule has 0 radical (unpaired) electrons. The Kier molecular flexibility index (Phi) is 6.03. The van der Waals surface area contributed by atoms with Gasteiger partial charge in [0, 0.05) is 22.3 Å². The fourth-order valence-electron chi connectivity index (χ4n) is 3.93. The van der Waals surface area contributed by atoms with Crippen molar-refractivity contribution < 1.29 is 9.59 Å². The van der Waals surface area contributed by atoms with Gasteiger partial charge in [-0.05, 0) is 36.8 Å². The summed E-state index contributed by atoms with van der Waals surface area (Å²) in [5.41, 5.74) is 4.55. The van der Waals surface area contributed by atoms with Crippen molar-refractivity contribution in [1.82, 2.24) is 0 Å². The average Bonchev–Trinajstić information content (AvgIpc) is 2.66. The van der Waals surface area contributed by atoms with Gasteiger partial charge in [-0.25, -0.2) is 0 Å². The second-order valence-corrected chi connectivity index (χ2v) is 7.25. The number of hydrogen-bond acceptors (Lipinski definition) is 2. The van der Waals surface area contributed by atoms with Crippen molar-refractivity contribution in [2.45, 2.75) is 65.2 Å². The molecule has 2 heteroatoms. The van der Waals surface area contributed by atoms with E-state index in [1.54, 1.807) is 0 Å². The first-order chi connectivity index (χ1) is 12.7. The van der Waals surface area contributed by atoms with Gasteiger partial charge in [-0.1, -0.05) is 75.9 Å². The maximum atomic E-state index is 13.4. The van der Waals surface area contributed by atoms with Gasteiger partial charge in [0.1, 0.15) is 0 Å². The lowest BCUT2D eigenvalue weighted by atomic mass is 9.78. The maximum absolute atomic E-state index is 13.4. The molecule has 2 aromatic rings. The van der Waals surface area contributed by atoms with E-state index in [1.807, 2.05) is 36.4 Å². The van der Waals surface area contributed by atoms with Crippen LogP contribution < -0.4 is 0 Å². The lowest BCUT2D eigenvalue weighted by Gasteiger charge is -2.22. The minimum absolute atomic E-state index is 0.00397. The first-order valence-corrected chi connectivity index (χ1v) is 10.0. The lowest BCUT2D eigenvalue weighted by Crippen LogP contribution is -2.24. The fourth-order valence-corrected chi connectivity index (χ4v) is 3.93. The average molecular weight is 348 g/mol. The van der Waals surface area contributed by atoms with Crippen LogP contribution >= 0.6 is 0 Å². The summed E-state index contributed by atoms with van der Waals surface area (Å²) in [6, 6.07) is 11.5. The van der Waals surface area contributed by atoms with Crippen LogP contribution in [-0.4, -0.2) is 11.6 Å². The van der Waals surface area contributed by atoms with Crippen LogP contribution in [0.5, 0.6) is 0 Å². The first-order valence-electron chi connectivity index (χ1n) is 10.0. The third-order valence-corrected chi connectivity index (χ3v) is 5.34. The van der Waals surface area contributed by atoms with E-state index in [0.717, 1.165) is 62.5 Å². The van der Waals surface area contributed by atoms with Crippen molar-refractivity contribution in [1.29, 1.82) is 0 Å². The molecule has 0 aromatic heterocycles. The van der Waals surface area contributed by atoms with Crippen LogP contribution in [0.15, 0.2) is 36.4 Å². The summed E-state index contributed by atoms with van der Waals surface area (Å²) >= 11 is 0. The van der Waals surface area contributed by atoms with Crippen LogP contribution in [0, 0.1) is 0 Å². The molecule has 0 aliphatic heterocycles. The van der Waals surface area contributed by atoms with E-state index in [9.17, 15) is 9.59 Å². The number of aryl methyl sites for hydroxylation is 2. The number of hydrogen-bond donors (Lipinski definition) is 0. The molecule has 1 aliphatic carbocycles. The third kappa shape index (κ3) is 3.51. The monoisotopic (exact) mass is 348 g/mol. The van der Waals surface area contributed by atoms with Crippen LogP contribution in [0.25, 0.3) is 0 Å². The Morgan fingerprint density at radius 3 is 1.50 bits per heavy atom. The molecule has 0 N–H and O–H groups in total. The molecule has 0 saturated heterocycles. The van der Waals surface area contributed by atoms with E-state index in [2.05, 4.69) is 13.8 Å². The first kappa shape index (κ1) is 18.6. The van der Waals surface area contributed by atoms with Crippen LogP contribution in [0.4, 0.5) is 0 Å². The van der Waals surface area contributed by atoms with Crippen molar-refractivity contribution in [2.24, 2.45) is 0 Å². The number of carbonyl (C=O) groups excluding carboxylic acids is 2. The van der Waals surface area contributed by atoms with E-state index >= 15 is 0 Å². The fraction of sp³-hybridized carbons (Fsp3) is 0.417. The van der Waals surface area contributed by atoms with Crippen molar-refractivity contribution in [2.75, 3.05) is 0 Å². The number of unbranched alkanes of at least 4 members (excludes halogenated alkanes) is 4. The van der Waals surface area contributed by atoms with Gasteiger partial charge >= 0.3 is 0 Å². The molecular weight excluding hydrogens is 320 g/mol. The molecule has 0 amide bonds. The number of ketones is 2. The van der Waals surface area contributed by atoms with Gasteiger partial charge in [0.05, 0.1) is 0 Å². The summed E-state index contributed by atoms with van der Waals surface area (Å²) in [7, 11) is 0. The summed E-state index contributed by atoms with van der Waals surface area (Å²) in [4.78, 5) is 26.5. The SMILES string of the molecule is CCCCCc1cccc2c1C(=O)c1c(CCCCC)cccc1C2=O. The highest BCUT2D eigenvalue weighted by Gasteiger charge is 2.32.